The van der Waals surface area contributed by atoms with Crippen LogP contribution in [0.25, 0.3) is 16.8 Å². The zero-order chi connectivity index (χ0) is 18.8. The van der Waals surface area contributed by atoms with Crippen molar-refractivity contribution < 1.29 is 10.2 Å². The van der Waals surface area contributed by atoms with Crippen LogP contribution in [-0.2, 0) is 0 Å². The van der Waals surface area contributed by atoms with Gasteiger partial charge in [0.1, 0.15) is 23.1 Å². The molecular formula is C20H16N4O2S. The molecule has 1 aliphatic heterocycles. The highest BCUT2D eigenvalue weighted by Crippen LogP contribution is 2.32. The van der Waals surface area contributed by atoms with E-state index < -0.39 is 0 Å². The smallest absolute Gasteiger partial charge is 0.155 e. The molecule has 3 N–H and O–H groups in total. The second-order valence-electron chi connectivity index (χ2n) is 5.97. The molecule has 0 atom stereocenters. The Morgan fingerprint density at radius 3 is 2.70 bits per heavy atom. The lowest BCUT2D eigenvalue weighted by Gasteiger charge is -2.11. The van der Waals surface area contributed by atoms with Crippen molar-refractivity contribution in [2.75, 3.05) is 6.54 Å². The molecule has 3 aromatic rings. The number of aromatic hydroxyl groups is 1. The zero-order valence-corrected chi connectivity index (χ0v) is 15.0. The van der Waals surface area contributed by atoms with Gasteiger partial charge in [-0.15, -0.1) is 11.3 Å². The monoisotopic (exact) mass is 376 g/mol. The second-order valence-corrected chi connectivity index (χ2v) is 6.83. The van der Waals surface area contributed by atoms with Crippen LogP contribution in [0.5, 0.6) is 5.75 Å². The first kappa shape index (κ1) is 17.0. The molecule has 0 fully saturated rings. The molecule has 0 saturated heterocycles. The summed E-state index contributed by atoms with van der Waals surface area (Å²) in [6, 6.07) is 16.4. The highest BCUT2D eigenvalue weighted by molar-refractivity contribution is 7.11. The highest BCUT2D eigenvalue weighted by Gasteiger charge is 2.30. The third-order valence-electron chi connectivity index (χ3n) is 4.09. The van der Waals surface area contributed by atoms with Crippen molar-refractivity contribution in [2.24, 2.45) is 5.10 Å². The van der Waals surface area contributed by atoms with Crippen molar-refractivity contribution in [3.8, 4) is 17.0 Å². The largest absolute Gasteiger partial charge is 0.509 e. The molecule has 0 saturated carbocycles. The normalized spacial score (nSPS) is 14.5. The van der Waals surface area contributed by atoms with E-state index in [1.54, 1.807) is 30.5 Å². The molecule has 0 aliphatic carbocycles. The number of hydrogen-bond acceptors (Lipinski definition) is 6. The summed E-state index contributed by atoms with van der Waals surface area (Å²) in [4.78, 5) is 4.58. The van der Waals surface area contributed by atoms with Crippen molar-refractivity contribution in [3.05, 3.63) is 76.3 Å². The van der Waals surface area contributed by atoms with E-state index in [0.717, 1.165) is 11.3 Å². The van der Waals surface area contributed by atoms with Gasteiger partial charge in [-0.3, -0.25) is 5.41 Å². The molecular weight excluding hydrogens is 360 g/mol. The summed E-state index contributed by atoms with van der Waals surface area (Å²) in [5.74, 6) is 0.313. The molecule has 134 valence electrons. The number of phenols is 1. The number of aliphatic hydroxyl groups is 1. The number of hydrazone groups is 1. The van der Waals surface area contributed by atoms with Gasteiger partial charge >= 0.3 is 0 Å². The molecule has 0 unspecified atom stereocenters. The Bertz CT molecular complexity index is 1060. The Morgan fingerprint density at radius 2 is 1.93 bits per heavy atom. The maximum absolute atomic E-state index is 10.4. The molecule has 7 heteroatoms. The summed E-state index contributed by atoms with van der Waals surface area (Å²) in [5, 5.41) is 36.4. The van der Waals surface area contributed by atoms with Crippen molar-refractivity contribution in [1.82, 2.24) is 9.99 Å². The molecule has 4 rings (SSSR count). The van der Waals surface area contributed by atoms with Crippen molar-refractivity contribution in [1.29, 1.82) is 5.41 Å². The predicted molar refractivity (Wildman–Crippen MR) is 107 cm³/mol. The second kappa shape index (κ2) is 7.05. The fourth-order valence-electron chi connectivity index (χ4n) is 2.76. The Labute approximate surface area is 159 Å². The van der Waals surface area contributed by atoms with Crippen LogP contribution in [-0.4, -0.2) is 38.8 Å². The van der Waals surface area contributed by atoms with Crippen molar-refractivity contribution >= 4 is 29.0 Å². The minimum absolute atomic E-state index is 0.0713. The summed E-state index contributed by atoms with van der Waals surface area (Å²) in [7, 11) is 0. The average Bonchev–Trinajstić information content (AvgIpc) is 3.25. The number of aromatic nitrogens is 1. The lowest BCUT2D eigenvalue weighted by Crippen LogP contribution is -2.20. The van der Waals surface area contributed by atoms with Gasteiger partial charge in [0.15, 0.2) is 5.84 Å². The van der Waals surface area contributed by atoms with Crippen LogP contribution in [0, 0.1) is 5.41 Å². The Hall–Kier alpha value is -3.45. The van der Waals surface area contributed by atoms with Gasteiger partial charge in [0.2, 0.25) is 0 Å². The standard InChI is InChI=1S/C20H16N4O2S/c21-19-18(20-23-16(12-27-20)14-6-2-1-3-7-14)17(26)11-24(19)22-10-13-5-4-8-15(25)9-13/h1-10,12,21,25-26H,11H2. The van der Waals surface area contributed by atoms with Crippen LogP contribution in [0.1, 0.15) is 10.6 Å². The minimum atomic E-state index is 0.0713. The zero-order valence-electron chi connectivity index (χ0n) is 14.2. The summed E-state index contributed by atoms with van der Waals surface area (Å²) < 4.78 is 0. The molecule has 2 heterocycles. The van der Waals surface area contributed by atoms with Gasteiger partial charge in [-0.1, -0.05) is 42.5 Å². The fourth-order valence-corrected chi connectivity index (χ4v) is 3.66. The van der Waals surface area contributed by atoms with E-state index in [-0.39, 0.29) is 23.9 Å². The summed E-state index contributed by atoms with van der Waals surface area (Å²) in [6.07, 6.45) is 1.54. The molecule has 6 nitrogen and oxygen atoms in total. The number of rotatable bonds is 4. The Balaban J connectivity index is 1.55. The Morgan fingerprint density at radius 1 is 1.11 bits per heavy atom. The van der Waals surface area contributed by atoms with Gasteiger partial charge in [-0.25, -0.2) is 9.99 Å². The van der Waals surface area contributed by atoms with E-state index in [2.05, 4.69) is 10.1 Å². The van der Waals surface area contributed by atoms with Crippen molar-refractivity contribution in [3.63, 3.8) is 0 Å². The van der Waals surface area contributed by atoms with Gasteiger partial charge in [0, 0.05) is 10.9 Å². The third kappa shape index (κ3) is 3.45. The first-order valence-electron chi connectivity index (χ1n) is 8.25. The number of phenolic OH excluding ortho intramolecular Hbond substituents is 1. The molecule has 0 radical (unpaired) electrons. The van der Waals surface area contributed by atoms with Crippen LogP contribution in [0.3, 0.4) is 0 Å². The fraction of sp³-hybridized carbons (Fsp3) is 0.0500. The molecule has 0 spiro atoms. The summed E-state index contributed by atoms with van der Waals surface area (Å²) in [6.45, 7) is 0.115. The molecule has 1 aliphatic rings. The van der Waals surface area contributed by atoms with Gasteiger partial charge in [0.05, 0.1) is 17.5 Å². The number of aliphatic hydroxyl groups excluding tert-OH is 1. The molecule has 0 bridgehead atoms. The summed E-state index contributed by atoms with van der Waals surface area (Å²) >= 11 is 1.39. The van der Waals surface area contributed by atoms with Gasteiger partial charge in [-0.2, -0.15) is 5.10 Å². The van der Waals surface area contributed by atoms with Crippen molar-refractivity contribution in [2.45, 2.75) is 0 Å². The number of benzene rings is 2. The van der Waals surface area contributed by atoms with E-state index in [1.165, 1.54) is 16.3 Å². The van der Waals surface area contributed by atoms with E-state index in [4.69, 9.17) is 5.41 Å². The van der Waals surface area contributed by atoms with E-state index in [1.807, 2.05) is 35.7 Å². The molecule has 1 aromatic heterocycles. The Kier molecular flexibility index (Phi) is 4.43. The molecule has 2 aromatic carbocycles. The third-order valence-corrected chi connectivity index (χ3v) is 4.95. The number of nitrogens with zero attached hydrogens (tertiary/aromatic N) is 3. The quantitative estimate of drug-likeness (QED) is 0.597. The van der Waals surface area contributed by atoms with E-state index in [0.29, 0.717) is 16.1 Å². The number of nitrogens with one attached hydrogen (secondary N) is 1. The molecule has 27 heavy (non-hydrogen) atoms. The topological polar surface area (TPSA) is 92.8 Å². The number of amidine groups is 1. The summed E-state index contributed by atoms with van der Waals surface area (Å²) in [5.41, 5.74) is 2.90. The highest BCUT2D eigenvalue weighted by atomic mass is 32.1. The van der Waals surface area contributed by atoms with Crippen LogP contribution in [0.15, 0.2) is 70.8 Å². The maximum Gasteiger partial charge on any atom is 0.155 e. The lowest BCUT2D eigenvalue weighted by molar-refractivity contribution is 0.358. The van der Waals surface area contributed by atoms with Gasteiger partial charge in [-0.05, 0) is 17.7 Å². The van der Waals surface area contributed by atoms with Crippen LogP contribution in [0.4, 0.5) is 0 Å². The van der Waals surface area contributed by atoms with E-state index in [9.17, 15) is 10.2 Å². The first-order chi connectivity index (χ1) is 13.1. The SMILES string of the molecule is N=C1C(c2nc(-c3ccccc3)cs2)=C(O)CN1N=Cc1cccc(O)c1. The van der Waals surface area contributed by atoms with E-state index >= 15 is 0 Å². The van der Waals surface area contributed by atoms with Crippen LogP contribution >= 0.6 is 11.3 Å². The predicted octanol–water partition coefficient (Wildman–Crippen LogP) is 4.11. The average molecular weight is 376 g/mol. The number of thiazole rings is 1. The van der Waals surface area contributed by atoms with Crippen LogP contribution < -0.4 is 0 Å². The van der Waals surface area contributed by atoms with Gasteiger partial charge < -0.3 is 10.2 Å². The minimum Gasteiger partial charge on any atom is -0.509 e. The van der Waals surface area contributed by atoms with Crippen LogP contribution in [0.2, 0.25) is 0 Å². The molecule has 0 amide bonds. The lowest BCUT2D eigenvalue weighted by atomic mass is 10.2. The first-order valence-corrected chi connectivity index (χ1v) is 9.12. The van der Waals surface area contributed by atoms with Gasteiger partial charge in [0.25, 0.3) is 0 Å². The maximum atomic E-state index is 10.4. The number of hydrogen-bond donors (Lipinski definition) is 3.